The van der Waals surface area contributed by atoms with Crippen LogP contribution in [0, 0.1) is 0 Å². The van der Waals surface area contributed by atoms with E-state index in [4.69, 9.17) is 4.74 Å². The first-order valence-corrected chi connectivity index (χ1v) is 11.7. The molecule has 1 amide bonds. The third-order valence-corrected chi connectivity index (χ3v) is 7.18. The van der Waals surface area contributed by atoms with Gasteiger partial charge in [-0.05, 0) is 37.5 Å². The second-order valence-corrected chi connectivity index (χ2v) is 9.38. The number of hydrogen-bond acceptors (Lipinski definition) is 7. The molecule has 8 nitrogen and oxygen atoms in total. The molecule has 3 rings (SSSR count). The topological polar surface area (TPSA) is 106 Å². The largest absolute Gasteiger partial charge is 0.461 e. The number of carbonyl (C=O) groups is 2. The van der Waals surface area contributed by atoms with E-state index in [0.29, 0.717) is 23.7 Å². The van der Waals surface area contributed by atoms with Crippen LogP contribution in [0.15, 0.2) is 34.7 Å². The zero-order chi connectivity index (χ0) is 20.9. The Morgan fingerprint density at radius 1 is 1.17 bits per heavy atom. The number of esters is 1. The molecule has 1 aliphatic rings. The molecule has 0 radical (unpaired) electrons. The molecule has 1 saturated heterocycles. The van der Waals surface area contributed by atoms with Gasteiger partial charge < -0.3 is 10.1 Å². The number of hydrogen-bond donors (Lipinski definition) is 1. The molecule has 2 heterocycles. The number of nitrogens with zero attached hydrogens (tertiary/aromatic N) is 2. The number of benzene rings is 1. The average Bonchev–Trinajstić information content (AvgIpc) is 3.17. The first kappa shape index (κ1) is 21.4. The SMILES string of the molecule is CCOC(=O)c1ncsc1NC(=O)Cc1ccc(S(=O)(=O)N2CCCCC2)cc1. The predicted molar refractivity (Wildman–Crippen MR) is 109 cm³/mol. The Hall–Kier alpha value is -2.30. The predicted octanol–water partition coefficient (Wildman–Crippen LogP) is 2.68. The maximum atomic E-state index is 12.7. The van der Waals surface area contributed by atoms with Gasteiger partial charge in [-0.2, -0.15) is 4.31 Å². The summed E-state index contributed by atoms with van der Waals surface area (Å²) >= 11 is 1.14. The van der Waals surface area contributed by atoms with Crippen molar-refractivity contribution in [3.8, 4) is 0 Å². The Morgan fingerprint density at radius 2 is 1.86 bits per heavy atom. The summed E-state index contributed by atoms with van der Waals surface area (Å²) in [5.74, 6) is -0.914. The minimum atomic E-state index is -3.49. The summed E-state index contributed by atoms with van der Waals surface area (Å²) < 4.78 is 31.8. The number of ether oxygens (including phenoxy) is 1. The third-order valence-electron chi connectivity index (χ3n) is 4.53. The lowest BCUT2D eigenvalue weighted by atomic mass is 10.1. The van der Waals surface area contributed by atoms with Gasteiger partial charge in [0.05, 0.1) is 23.4 Å². The van der Waals surface area contributed by atoms with Crippen molar-refractivity contribution in [1.29, 1.82) is 0 Å². The summed E-state index contributed by atoms with van der Waals surface area (Å²) in [4.78, 5) is 28.3. The third kappa shape index (κ3) is 5.20. The van der Waals surface area contributed by atoms with Gasteiger partial charge in [-0.25, -0.2) is 18.2 Å². The van der Waals surface area contributed by atoms with E-state index in [0.717, 1.165) is 30.6 Å². The van der Waals surface area contributed by atoms with E-state index in [2.05, 4.69) is 10.3 Å². The first-order chi connectivity index (χ1) is 13.9. The minimum absolute atomic E-state index is 0.0458. The van der Waals surface area contributed by atoms with E-state index < -0.39 is 16.0 Å². The van der Waals surface area contributed by atoms with Crippen molar-refractivity contribution in [2.24, 2.45) is 0 Å². The Labute approximate surface area is 173 Å². The van der Waals surface area contributed by atoms with Crippen LogP contribution in [0.2, 0.25) is 0 Å². The number of piperidine rings is 1. The number of anilines is 1. The Morgan fingerprint density at radius 3 is 2.52 bits per heavy atom. The van der Waals surface area contributed by atoms with Crippen LogP contribution in [-0.2, 0) is 26.0 Å². The zero-order valence-electron chi connectivity index (χ0n) is 16.1. The van der Waals surface area contributed by atoms with Crippen molar-refractivity contribution >= 4 is 38.2 Å². The fourth-order valence-electron chi connectivity index (χ4n) is 3.07. The van der Waals surface area contributed by atoms with Crippen molar-refractivity contribution in [3.63, 3.8) is 0 Å². The minimum Gasteiger partial charge on any atom is -0.461 e. The van der Waals surface area contributed by atoms with Crippen LogP contribution in [0.5, 0.6) is 0 Å². The lowest BCUT2D eigenvalue weighted by Crippen LogP contribution is -2.35. The van der Waals surface area contributed by atoms with Gasteiger partial charge in [-0.3, -0.25) is 4.79 Å². The smallest absolute Gasteiger partial charge is 0.360 e. The van der Waals surface area contributed by atoms with Crippen LogP contribution in [0.25, 0.3) is 0 Å². The highest BCUT2D eigenvalue weighted by Crippen LogP contribution is 2.23. The van der Waals surface area contributed by atoms with Crippen LogP contribution in [-0.4, -0.2) is 49.3 Å². The first-order valence-electron chi connectivity index (χ1n) is 9.41. The molecule has 1 aliphatic heterocycles. The van der Waals surface area contributed by atoms with E-state index in [-0.39, 0.29) is 29.5 Å². The number of carbonyl (C=O) groups excluding carboxylic acids is 2. The highest BCUT2D eigenvalue weighted by atomic mass is 32.2. The summed E-state index contributed by atoms with van der Waals surface area (Å²) in [6.45, 7) is 3.00. The molecule has 1 N–H and O–H groups in total. The number of nitrogens with one attached hydrogen (secondary N) is 1. The fourth-order valence-corrected chi connectivity index (χ4v) is 5.27. The summed E-state index contributed by atoms with van der Waals surface area (Å²) in [6.07, 6.45) is 2.85. The van der Waals surface area contributed by atoms with Crippen molar-refractivity contribution in [1.82, 2.24) is 9.29 Å². The van der Waals surface area contributed by atoms with Gasteiger partial charge in [0.25, 0.3) is 0 Å². The Kier molecular flexibility index (Phi) is 6.99. The van der Waals surface area contributed by atoms with E-state index in [1.54, 1.807) is 19.1 Å². The maximum Gasteiger partial charge on any atom is 0.360 e. The summed E-state index contributed by atoms with van der Waals surface area (Å²) in [5, 5.41) is 3.00. The normalized spacial score (nSPS) is 15.1. The van der Waals surface area contributed by atoms with Gasteiger partial charge in [0.1, 0.15) is 5.00 Å². The van der Waals surface area contributed by atoms with E-state index in [9.17, 15) is 18.0 Å². The molecule has 1 aromatic carbocycles. The number of aromatic nitrogens is 1. The maximum absolute atomic E-state index is 12.7. The Balaban J connectivity index is 1.63. The van der Waals surface area contributed by atoms with E-state index in [1.165, 1.54) is 21.9 Å². The molecular formula is C19H23N3O5S2. The Bertz CT molecular complexity index is 964. The van der Waals surface area contributed by atoms with Gasteiger partial charge >= 0.3 is 5.97 Å². The van der Waals surface area contributed by atoms with Gasteiger partial charge in [0.15, 0.2) is 5.69 Å². The highest BCUT2D eigenvalue weighted by Gasteiger charge is 2.25. The average molecular weight is 438 g/mol. The summed E-state index contributed by atoms with van der Waals surface area (Å²) in [7, 11) is -3.49. The summed E-state index contributed by atoms with van der Waals surface area (Å²) in [5.41, 5.74) is 2.21. The molecule has 0 bridgehead atoms. The van der Waals surface area contributed by atoms with Gasteiger partial charge in [-0.1, -0.05) is 18.6 Å². The van der Waals surface area contributed by atoms with Crippen molar-refractivity contribution in [2.45, 2.75) is 37.5 Å². The lowest BCUT2D eigenvalue weighted by molar-refractivity contribution is -0.115. The molecule has 1 aromatic heterocycles. The van der Waals surface area contributed by atoms with Crippen LogP contribution >= 0.6 is 11.3 Å². The second kappa shape index (κ2) is 9.47. The zero-order valence-corrected chi connectivity index (χ0v) is 17.7. The van der Waals surface area contributed by atoms with E-state index in [1.807, 2.05) is 0 Å². The molecule has 29 heavy (non-hydrogen) atoms. The van der Waals surface area contributed by atoms with Crippen molar-refractivity contribution < 1.29 is 22.7 Å². The van der Waals surface area contributed by atoms with Crippen LogP contribution in [0.4, 0.5) is 5.00 Å². The molecular weight excluding hydrogens is 414 g/mol. The summed E-state index contributed by atoms with van der Waals surface area (Å²) in [6, 6.07) is 6.33. The lowest BCUT2D eigenvalue weighted by Gasteiger charge is -2.25. The molecule has 0 aliphatic carbocycles. The molecule has 0 saturated carbocycles. The monoisotopic (exact) mass is 437 g/mol. The van der Waals surface area contributed by atoms with Gasteiger partial charge in [0, 0.05) is 13.1 Å². The van der Waals surface area contributed by atoms with Crippen LogP contribution in [0.1, 0.15) is 42.2 Å². The van der Waals surface area contributed by atoms with Gasteiger partial charge in [0.2, 0.25) is 15.9 Å². The standard InChI is InChI=1S/C19H23N3O5S2/c1-2-27-19(24)17-18(28-13-20-17)21-16(23)12-14-6-8-15(9-7-14)29(25,26)22-10-4-3-5-11-22/h6-9,13H,2-5,10-12H2,1H3,(H,21,23). The molecule has 156 valence electrons. The van der Waals surface area contributed by atoms with Crippen molar-refractivity contribution in [2.75, 3.05) is 25.0 Å². The number of rotatable bonds is 7. The highest BCUT2D eigenvalue weighted by molar-refractivity contribution is 7.89. The number of thiazole rings is 1. The van der Waals surface area contributed by atoms with Crippen molar-refractivity contribution in [3.05, 3.63) is 41.0 Å². The molecule has 0 spiro atoms. The number of sulfonamides is 1. The molecule has 1 fully saturated rings. The molecule has 10 heteroatoms. The number of amides is 1. The van der Waals surface area contributed by atoms with E-state index >= 15 is 0 Å². The molecule has 0 atom stereocenters. The van der Waals surface area contributed by atoms with Crippen LogP contribution in [0.3, 0.4) is 0 Å². The molecule has 0 unspecified atom stereocenters. The van der Waals surface area contributed by atoms with Crippen LogP contribution < -0.4 is 5.32 Å². The van der Waals surface area contributed by atoms with Gasteiger partial charge in [-0.15, -0.1) is 11.3 Å². The fraction of sp³-hybridized carbons (Fsp3) is 0.421. The quantitative estimate of drug-likeness (QED) is 0.668. The molecule has 2 aromatic rings. The second-order valence-electron chi connectivity index (χ2n) is 6.58.